The maximum atomic E-state index is 13.5. The second kappa shape index (κ2) is 9.34. The molecule has 5 rings (SSSR count). The molecule has 0 spiro atoms. The number of anilines is 1. The van der Waals surface area contributed by atoms with Crippen LogP contribution in [0.4, 0.5) is 14.5 Å². The molecule has 2 N–H and O–H groups in total. The van der Waals surface area contributed by atoms with Gasteiger partial charge in [0.15, 0.2) is 11.6 Å². The van der Waals surface area contributed by atoms with Crippen LogP contribution >= 0.6 is 0 Å². The van der Waals surface area contributed by atoms with Crippen molar-refractivity contribution >= 4 is 22.6 Å². The van der Waals surface area contributed by atoms with Gasteiger partial charge < -0.3 is 14.9 Å². The van der Waals surface area contributed by atoms with Crippen LogP contribution in [0.2, 0.25) is 0 Å². The van der Waals surface area contributed by atoms with Crippen LogP contribution < -0.4 is 10.9 Å². The fourth-order valence-corrected chi connectivity index (χ4v) is 4.01. The Labute approximate surface area is 198 Å². The average molecular weight is 470 g/mol. The highest BCUT2D eigenvalue weighted by atomic mass is 19.2. The minimum atomic E-state index is -0.992. The highest BCUT2D eigenvalue weighted by Gasteiger charge is 2.14. The smallest absolute Gasteiger partial charge is 0.263 e. The number of H-pyrrole nitrogens is 1. The second-order valence-corrected chi connectivity index (χ2v) is 8.15. The van der Waals surface area contributed by atoms with E-state index in [4.69, 9.17) is 0 Å². The summed E-state index contributed by atoms with van der Waals surface area (Å²) in [6, 6.07) is 17.7. The van der Waals surface area contributed by atoms with Gasteiger partial charge in [-0.3, -0.25) is 9.59 Å². The molecule has 3 aromatic heterocycles. The van der Waals surface area contributed by atoms with Gasteiger partial charge in [-0.15, -0.1) is 0 Å². The molecule has 3 heterocycles. The van der Waals surface area contributed by atoms with Crippen molar-refractivity contribution in [3.63, 3.8) is 0 Å². The van der Waals surface area contributed by atoms with E-state index in [1.165, 1.54) is 22.9 Å². The number of aromatic nitrogens is 3. The lowest BCUT2D eigenvalue weighted by Gasteiger charge is -2.10. The van der Waals surface area contributed by atoms with Gasteiger partial charge in [-0.1, -0.05) is 18.2 Å². The van der Waals surface area contributed by atoms with Crippen molar-refractivity contribution in [2.24, 2.45) is 0 Å². The zero-order valence-electron chi connectivity index (χ0n) is 18.5. The van der Waals surface area contributed by atoms with E-state index in [2.05, 4.69) is 15.3 Å². The van der Waals surface area contributed by atoms with E-state index in [0.29, 0.717) is 17.7 Å². The van der Waals surface area contributed by atoms with Crippen LogP contribution in [0.1, 0.15) is 27.0 Å². The summed E-state index contributed by atoms with van der Waals surface area (Å²) >= 11 is 0. The molecule has 0 fully saturated rings. The number of carbonyl (C=O) groups excluding carboxylic acids is 1. The molecule has 174 valence electrons. The summed E-state index contributed by atoms with van der Waals surface area (Å²) in [5.74, 6) is -2.51. The van der Waals surface area contributed by atoms with Gasteiger partial charge in [0, 0.05) is 29.7 Å². The van der Waals surface area contributed by atoms with Crippen molar-refractivity contribution in [1.29, 1.82) is 0 Å². The van der Waals surface area contributed by atoms with Crippen LogP contribution in [0.3, 0.4) is 0 Å². The van der Waals surface area contributed by atoms with Gasteiger partial charge in [0.25, 0.3) is 11.5 Å². The molecule has 2 aromatic carbocycles. The summed E-state index contributed by atoms with van der Waals surface area (Å²) in [6.45, 7) is 0.00607. The summed E-state index contributed by atoms with van der Waals surface area (Å²) in [5.41, 5.74) is 3.26. The number of nitrogens with one attached hydrogen (secondary N) is 2. The predicted octanol–water partition coefficient (Wildman–Crippen LogP) is 4.89. The van der Waals surface area contributed by atoms with Crippen molar-refractivity contribution in [3.8, 4) is 0 Å². The van der Waals surface area contributed by atoms with E-state index in [-0.39, 0.29) is 12.1 Å². The molecule has 35 heavy (non-hydrogen) atoms. The molecule has 1 amide bonds. The maximum Gasteiger partial charge on any atom is 0.263 e. The Morgan fingerprint density at radius 1 is 0.971 bits per heavy atom. The molecular weight excluding hydrogens is 450 g/mol. The third kappa shape index (κ3) is 4.72. The van der Waals surface area contributed by atoms with Crippen LogP contribution in [0.5, 0.6) is 0 Å². The zero-order chi connectivity index (χ0) is 24.4. The van der Waals surface area contributed by atoms with Crippen LogP contribution in [0.25, 0.3) is 11.0 Å². The quantitative estimate of drug-likeness (QED) is 0.371. The molecule has 0 bridgehead atoms. The average Bonchev–Trinajstić information content (AvgIpc) is 3.26. The molecular formula is C27H20F2N4O2. The summed E-state index contributed by atoms with van der Waals surface area (Å²) in [6.07, 6.45) is 5.79. The van der Waals surface area contributed by atoms with Gasteiger partial charge in [-0.05, 0) is 71.6 Å². The third-order valence-electron chi connectivity index (χ3n) is 5.72. The minimum Gasteiger partial charge on any atom is -0.346 e. The van der Waals surface area contributed by atoms with Crippen LogP contribution in [0, 0.1) is 11.6 Å². The highest BCUT2D eigenvalue weighted by molar-refractivity contribution is 6.04. The van der Waals surface area contributed by atoms with Crippen LogP contribution in [0.15, 0.2) is 90.1 Å². The lowest BCUT2D eigenvalue weighted by molar-refractivity contribution is 0.102. The first-order valence-electron chi connectivity index (χ1n) is 10.9. The first-order valence-corrected chi connectivity index (χ1v) is 10.9. The number of pyridine rings is 2. The Balaban J connectivity index is 1.34. The fourth-order valence-electron chi connectivity index (χ4n) is 4.01. The van der Waals surface area contributed by atoms with Gasteiger partial charge in [-0.2, -0.15) is 0 Å². The summed E-state index contributed by atoms with van der Waals surface area (Å²) in [7, 11) is 0. The molecule has 0 atom stereocenters. The summed E-state index contributed by atoms with van der Waals surface area (Å²) < 4.78 is 28.0. The topological polar surface area (TPSA) is 79.8 Å². The SMILES string of the molecule is O=C(Nc1cccc(Cc2c[nH]c3ncccc23)c1)c1cccn(Cc2ccc(F)c(F)c2)c1=O. The number of benzene rings is 2. The lowest BCUT2D eigenvalue weighted by atomic mass is 10.0. The molecule has 0 saturated heterocycles. The number of amides is 1. The van der Waals surface area contributed by atoms with E-state index < -0.39 is 23.1 Å². The third-order valence-corrected chi connectivity index (χ3v) is 5.72. The Hall–Kier alpha value is -4.59. The standard InChI is InChI=1S/C27H20F2N4O2/c28-23-9-8-18(14-24(23)29)16-33-11-3-7-22(27(33)35)26(34)32-20-5-1-4-17(13-20)12-19-15-31-25-21(19)6-2-10-30-25/h1-11,13-15H,12,16H2,(H,30,31)(H,32,34). The van der Waals surface area contributed by atoms with Gasteiger partial charge in [0.2, 0.25) is 0 Å². The Kier molecular flexibility index (Phi) is 5.93. The first-order chi connectivity index (χ1) is 17.0. The normalized spacial score (nSPS) is 11.0. The number of carbonyl (C=O) groups is 1. The maximum absolute atomic E-state index is 13.5. The van der Waals surface area contributed by atoms with Crippen LogP contribution in [-0.2, 0) is 13.0 Å². The van der Waals surface area contributed by atoms with Crippen molar-refractivity contribution in [3.05, 3.63) is 130 Å². The first kappa shape index (κ1) is 22.2. The predicted molar refractivity (Wildman–Crippen MR) is 129 cm³/mol. The van der Waals surface area contributed by atoms with Gasteiger partial charge >= 0.3 is 0 Å². The number of fused-ring (bicyclic) bond motifs is 1. The molecule has 6 nitrogen and oxygen atoms in total. The Morgan fingerprint density at radius 2 is 1.86 bits per heavy atom. The summed E-state index contributed by atoms with van der Waals surface area (Å²) in [4.78, 5) is 33.2. The molecule has 0 aliphatic heterocycles. The van der Waals surface area contributed by atoms with E-state index in [1.807, 2.05) is 36.5 Å². The number of nitrogens with zero attached hydrogens (tertiary/aromatic N) is 2. The molecule has 0 radical (unpaired) electrons. The van der Waals surface area contributed by atoms with Gasteiger partial charge in [0.05, 0.1) is 6.54 Å². The van der Waals surface area contributed by atoms with Crippen molar-refractivity contribution < 1.29 is 13.6 Å². The number of aromatic amines is 1. The Bertz CT molecular complexity index is 1610. The van der Waals surface area contributed by atoms with E-state index in [1.54, 1.807) is 18.3 Å². The number of rotatable bonds is 6. The number of halogens is 2. The minimum absolute atomic E-state index is 0.00607. The second-order valence-electron chi connectivity index (χ2n) is 8.15. The van der Waals surface area contributed by atoms with E-state index in [9.17, 15) is 18.4 Å². The van der Waals surface area contributed by atoms with Gasteiger partial charge in [0.1, 0.15) is 11.2 Å². The monoisotopic (exact) mass is 470 g/mol. The molecule has 8 heteroatoms. The Morgan fingerprint density at radius 3 is 2.71 bits per heavy atom. The molecule has 0 aliphatic rings. The van der Waals surface area contributed by atoms with Crippen molar-refractivity contribution in [2.75, 3.05) is 5.32 Å². The van der Waals surface area contributed by atoms with E-state index >= 15 is 0 Å². The number of hydrogen-bond acceptors (Lipinski definition) is 3. The fraction of sp³-hybridized carbons (Fsp3) is 0.0741. The van der Waals surface area contributed by atoms with Crippen molar-refractivity contribution in [2.45, 2.75) is 13.0 Å². The largest absolute Gasteiger partial charge is 0.346 e. The highest BCUT2D eigenvalue weighted by Crippen LogP contribution is 2.21. The molecule has 5 aromatic rings. The van der Waals surface area contributed by atoms with Gasteiger partial charge in [-0.25, -0.2) is 13.8 Å². The zero-order valence-corrected chi connectivity index (χ0v) is 18.5. The molecule has 0 saturated carbocycles. The molecule has 0 unspecified atom stereocenters. The summed E-state index contributed by atoms with van der Waals surface area (Å²) in [5, 5.41) is 3.82. The lowest BCUT2D eigenvalue weighted by Crippen LogP contribution is -2.29. The van der Waals surface area contributed by atoms with Crippen molar-refractivity contribution in [1.82, 2.24) is 14.5 Å². The van der Waals surface area contributed by atoms with E-state index in [0.717, 1.165) is 34.3 Å². The van der Waals surface area contributed by atoms with Crippen LogP contribution in [-0.4, -0.2) is 20.4 Å². The molecule has 0 aliphatic carbocycles. The number of hydrogen-bond donors (Lipinski definition) is 2.